The molecule has 1 fully saturated rings. The molecule has 1 saturated heterocycles. The van der Waals surface area contributed by atoms with Gasteiger partial charge in [0.25, 0.3) is 0 Å². The van der Waals surface area contributed by atoms with Gasteiger partial charge in [-0.2, -0.15) is 0 Å². The minimum Gasteiger partial charge on any atom is -0.341 e. The van der Waals surface area contributed by atoms with Gasteiger partial charge in [-0.15, -0.1) is 0 Å². The molecule has 1 aliphatic rings. The third kappa shape index (κ3) is 4.27. The maximum Gasteiger partial charge on any atom is 0.228 e. The number of amides is 1. The van der Waals surface area contributed by atoms with E-state index in [2.05, 4.69) is 37.9 Å². The van der Waals surface area contributed by atoms with Crippen LogP contribution in [0.15, 0.2) is 0 Å². The SMILES string of the molecule is CCCCN(CC1CCCN1)C(=O)C(C)(C)CC. The van der Waals surface area contributed by atoms with Crippen LogP contribution in [0.3, 0.4) is 0 Å². The quantitative estimate of drug-likeness (QED) is 0.757. The first kappa shape index (κ1) is 15.5. The van der Waals surface area contributed by atoms with Crippen molar-refractivity contribution >= 4 is 5.91 Å². The van der Waals surface area contributed by atoms with Crippen LogP contribution in [-0.2, 0) is 4.79 Å². The molecule has 0 aliphatic carbocycles. The van der Waals surface area contributed by atoms with Crippen LogP contribution in [0.5, 0.6) is 0 Å². The number of carbonyl (C=O) groups excluding carboxylic acids is 1. The molecular formula is C15H30N2O. The minimum atomic E-state index is -0.216. The molecule has 3 heteroatoms. The van der Waals surface area contributed by atoms with E-state index in [1.165, 1.54) is 12.8 Å². The van der Waals surface area contributed by atoms with Crippen molar-refractivity contribution in [2.45, 2.75) is 65.8 Å². The highest BCUT2D eigenvalue weighted by molar-refractivity contribution is 5.81. The van der Waals surface area contributed by atoms with Gasteiger partial charge in [-0.3, -0.25) is 4.79 Å². The zero-order chi connectivity index (χ0) is 13.6. The molecule has 0 spiro atoms. The summed E-state index contributed by atoms with van der Waals surface area (Å²) in [7, 11) is 0. The molecule has 0 aromatic carbocycles. The fraction of sp³-hybridized carbons (Fsp3) is 0.933. The minimum absolute atomic E-state index is 0.216. The lowest BCUT2D eigenvalue weighted by atomic mass is 9.88. The molecule has 0 saturated carbocycles. The Balaban J connectivity index is 2.61. The Labute approximate surface area is 112 Å². The first-order valence-corrected chi connectivity index (χ1v) is 7.54. The smallest absolute Gasteiger partial charge is 0.228 e. The largest absolute Gasteiger partial charge is 0.341 e. The van der Waals surface area contributed by atoms with Crippen LogP contribution in [0.2, 0.25) is 0 Å². The van der Waals surface area contributed by atoms with E-state index >= 15 is 0 Å². The topological polar surface area (TPSA) is 32.3 Å². The fourth-order valence-electron chi connectivity index (χ4n) is 2.38. The van der Waals surface area contributed by atoms with Crippen LogP contribution in [0.1, 0.15) is 59.8 Å². The van der Waals surface area contributed by atoms with Gasteiger partial charge in [-0.1, -0.05) is 34.1 Å². The van der Waals surface area contributed by atoms with Gasteiger partial charge in [0.15, 0.2) is 0 Å². The molecule has 106 valence electrons. The second-order valence-electron chi connectivity index (χ2n) is 6.14. The van der Waals surface area contributed by atoms with Gasteiger partial charge in [0.2, 0.25) is 5.91 Å². The highest BCUT2D eigenvalue weighted by atomic mass is 16.2. The normalized spacial score (nSPS) is 20.1. The summed E-state index contributed by atoms with van der Waals surface area (Å²) < 4.78 is 0. The summed E-state index contributed by atoms with van der Waals surface area (Å²) in [5.41, 5.74) is -0.216. The van der Waals surface area contributed by atoms with Crippen LogP contribution >= 0.6 is 0 Å². The van der Waals surface area contributed by atoms with Crippen molar-refractivity contribution in [1.82, 2.24) is 10.2 Å². The third-order valence-corrected chi connectivity index (χ3v) is 4.13. The number of hydrogen-bond donors (Lipinski definition) is 1. The van der Waals surface area contributed by atoms with Crippen LogP contribution < -0.4 is 5.32 Å². The molecule has 1 amide bonds. The van der Waals surface area contributed by atoms with E-state index in [0.717, 1.165) is 38.9 Å². The highest BCUT2D eigenvalue weighted by Gasteiger charge is 2.31. The molecule has 0 radical (unpaired) electrons. The van der Waals surface area contributed by atoms with Crippen molar-refractivity contribution in [2.75, 3.05) is 19.6 Å². The summed E-state index contributed by atoms with van der Waals surface area (Å²) in [4.78, 5) is 14.7. The van der Waals surface area contributed by atoms with Gasteiger partial charge in [0.05, 0.1) is 0 Å². The van der Waals surface area contributed by atoms with E-state index < -0.39 is 0 Å². The average Bonchev–Trinajstić information content (AvgIpc) is 2.86. The second kappa shape index (κ2) is 7.13. The predicted molar refractivity (Wildman–Crippen MR) is 76.6 cm³/mol. The maximum atomic E-state index is 12.6. The van der Waals surface area contributed by atoms with E-state index in [4.69, 9.17) is 0 Å². The molecule has 1 unspecified atom stereocenters. The number of nitrogens with zero attached hydrogens (tertiary/aromatic N) is 1. The average molecular weight is 254 g/mol. The Morgan fingerprint density at radius 2 is 2.11 bits per heavy atom. The molecule has 0 aromatic heterocycles. The van der Waals surface area contributed by atoms with Crippen molar-refractivity contribution in [3.63, 3.8) is 0 Å². The number of hydrogen-bond acceptors (Lipinski definition) is 2. The summed E-state index contributed by atoms with van der Waals surface area (Å²) >= 11 is 0. The van der Waals surface area contributed by atoms with Crippen molar-refractivity contribution in [3.05, 3.63) is 0 Å². The van der Waals surface area contributed by atoms with E-state index in [-0.39, 0.29) is 5.41 Å². The van der Waals surface area contributed by atoms with Crippen LogP contribution in [0.25, 0.3) is 0 Å². The molecule has 1 N–H and O–H groups in total. The molecule has 0 bridgehead atoms. The van der Waals surface area contributed by atoms with Crippen molar-refractivity contribution in [2.24, 2.45) is 5.41 Å². The van der Waals surface area contributed by atoms with E-state index in [9.17, 15) is 4.79 Å². The summed E-state index contributed by atoms with van der Waals surface area (Å²) in [6, 6.07) is 0.512. The molecule has 1 atom stereocenters. The van der Waals surface area contributed by atoms with Gasteiger partial charge in [0, 0.05) is 24.5 Å². The molecule has 0 aromatic rings. The first-order chi connectivity index (χ1) is 8.51. The van der Waals surface area contributed by atoms with Crippen LogP contribution in [0, 0.1) is 5.41 Å². The van der Waals surface area contributed by atoms with Crippen LogP contribution in [-0.4, -0.2) is 36.5 Å². The zero-order valence-electron chi connectivity index (χ0n) is 12.6. The Morgan fingerprint density at radius 3 is 2.61 bits per heavy atom. The lowest BCUT2D eigenvalue weighted by Gasteiger charge is -2.33. The molecule has 3 nitrogen and oxygen atoms in total. The van der Waals surface area contributed by atoms with E-state index in [1.54, 1.807) is 0 Å². The van der Waals surface area contributed by atoms with Crippen LogP contribution in [0.4, 0.5) is 0 Å². The molecule has 1 heterocycles. The number of unbranched alkanes of at least 4 members (excludes halogenated alkanes) is 1. The lowest BCUT2D eigenvalue weighted by molar-refractivity contribution is -0.141. The predicted octanol–water partition coefficient (Wildman–Crippen LogP) is 2.80. The highest BCUT2D eigenvalue weighted by Crippen LogP contribution is 2.24. The monoisotopic (exact) mass is 254 g/mol. The van der Waals surface area contributed by atoms with Crippen molar-refractivity contribution in [3.8, 4) is 0 Å². The number of rotatable bonds is 7. The molecule has 18 heavy (non-hydrogen) atoms. The fourth-order valence-corrected chi connectivity index (χ4v) is 2.38. The molecular weight excluding hydrogens is 224 g/mol. The Morgan fingerprint density at radius 1 is 1.39 bits per heavy atom. The standard InChI is InChI=1S/C15H30N2O/c1-5-7-11-17(12-13-9-8-10-16-13)14(18)15(3,4)6-2/h13,16H,5-12H2,1-4H3. The van der Waals surface area contributed by atoms with Gasteiger partial charge in [0.1, 0.15) is 0 Å². The van der Waals surface area contributed by atoms with Gasteiger partial charge >= 0.3 is 0 Å². The zero-order valence-corrected chi connectivity index (χ0v) is 12.6. The second-order valence-corrected chi connectivity index (χ2v) is 6.14. The van der Waals surface area contributed by atoms with Crippen molar-refractivity contribution in [1.29, 1.82) is 0 Å². The third-order valence-electron chi connectivity index (χ3n) is 4.13. The number of nitrogens with one attached hydrogen (secondary N) is 1. The summed E-state index contributed by atoms with van der Waals surface area (Å²) in [6.07, 6.45) is 5.62. The Kier molecular flexibility index (Phi) is 6.13. The Hall–Kier alpha value is -0.570. The molecule has 1 aliphatic heterocycles. The summed E-state index contributed by atoms with van der Waals surface area (Å²) in [5.74, 6) is 0.326. The number of carbonyl (C=O) groups is 1. The van der Waals surface area contributed by atoms with Gasteiger partial charge in [-0.05, 0) is 32.2 Å². The van der Waals surface area contributed by atoms with Gasteiger partial charge < -0.3 is 10.2 Å². The summed E-state index contributed by atoms with van der Waals surface area (Å²) in [6.45, 7) is 11.3. The van der Waals surface area contributed by atoms with E-state index in [0.29, 0.717) is 11.9 Å². The first-order valence-electron chi connectivity index (χ1n) is 7.54. The Bertz CT molecular complexity index is 257. The maximum absolute atomic E-state index is 12.6. The van der Waals surface area contributed by atoms with Crippen molar-refractivity contribution < 1.29 is 4.79 Å². The summed E-state index contributed by atoms with van der Waals surface area (Å²) in [5, 5.41) is 3.49. The lowest BCUT2D eigenvalue weighted by Crippen LogP contribution is -2.46. The van der Waals surface area contributed by atoms with Gasteiger partial charge in [-0.25, -0.2) is 0 Å². The van der Waals surface area contributed by atoms with E-state index in [1.807, 2.05) is 0 Å². The molecule has 1 rings (SSSR count).